The third-order valence-electron chi connectivity index (χ3n) is 3.83. The minimum absolute atomic E-state index is 0. The van der Waals surface area contributed by atoms with Crippen molar-refractivity contribution in [3.8, 4) is 0 Å². The van der Waals surface area contributed by atoms with Crippen molar-refractivity contribution in [1.29, 1.82) is 0 Å². The Bertz CT molecular complexity index is 915. The molecule has 0 heterocycles. The van der Waals surface area contributed by atoms with Gasteiger partial charge in [-0.25, -0.2) is 17.8 Å². The Morgan fingerprint density at radius 2 is 1.89 bits per heavy atom. The number of nitrogens with two attached hydrogens (primary N) is 1. The Morgan fingerprint density at radius 1 is 1.19 bits per heavy atom. The van der Waals surface area contributed by atoms with Crippen molar-refractivity contribution in [3.05, 3.63) is 65.0 Å². The van der Waals surface area contributed by atoms with Crippen molar-refractivity contribution < 1.29 is 12.8 Å². The Hall–Kier alpha value is -1.68. The van der Waals surface area contributed by atoms with Crippen molar-refractivity contribution in [2.75, 3.05) is 11.6 Å². The van der Waals surface area contributed by atoms with Gasteiger partial charge in [-0.05, 0) is 46.9 Å². The van der Waals surface area contributed by atoms with Crippen LogP contribution < -0.4 is 11.1 Å². The van der Waals surface area contributed by atoms with Gasteiger partial charge in [0.05, 0.1) is 12.3 Å². The summed E-state index contributed by atoms with van der Waals surface area (Å²) in [6, 6.07) is 11.8. The highest BCUT2D eigenvalue weighted by molar-refractivity contribution is 14.0. The largest absolute Gasteiger partial charge is 0.370 e. The summed E-state index contributed by atoms with van der Waals surface area (Å²) in [5, 5.41) is 3.01. The van der Waals surface area contributed by atoms with Crippen molar-refractivity contribution in [3.63, 3.8) is 0 Å². The fourth-order valence-corrected chi connectivity index (χ4v) is 3.34. The Labute approximate surface area is 177 Å². The zero-order valence-corrected chi connectivity index (χ0v) is 18.7. The number of hydrogen-bond donors (Lipinski definition) is 2. The zero-order chi connectivity index (χ0) is 19.3. The maximum absolute atomic E-state index is 13.5. The lowest BCUT2D eigenvalue weighted by Gasteiger charge is -2.11. The second-order valence-electron chi connectivity index (χ2n) is 6.59. The Balaban J connectivity index is 0.00000364. The molecule has 5 nitrogen and oxygen atoms in total. The second-order valence-corrected chi connectivity index (χ2v) is 8.73. The molecule has 0 aliphatic rings. The molecule has 0 aromatic heterocycles. The molecule has 0 aliphatic carbocycles. The SMILES string of the molecule is CC(C)c1cccc(NC(N)=NCc2cc(F)ccc2CS(C)(=O)=O)c1.I. The number of rotatable bonds is 6. The van der Waals surface area contributed by atoms with Crippen molar-refractivity contribution in [1.82, 2.24) is 0 Å². The summed E-state index contributed by atoms with van der Waals surface area (Å²) < 4.78 is 36.6. The third-order valence-corrected chi connectivity index (χ3v) is 4.67. The van der Waals surface area contributed by atoms with Crippen LogP contribution in [0.4, 0.5) is 10.1 Å². The lowest BCUT2D eigenvalue weighted by molar-refractivity contribution is 0.600. The molecule has 0 bridgehead atoms. The van der Waals surface area contributed by atoms with Gasteiger partial charge >= 0.3 is 0 Å². The molecule has 2 aromatic rings. The summed E-state index contributed by atoms with van der Waals surface area (Å²) in [6.45, 7) is 4.29. The third kappa shape index (κ3) is 7.84. The zero-order valence-electron chi connectivity index (χ0n) is 15.6. The van der Waals surface area contributed by atoms with Crippen LogP contribution in [0.15, 0.2) is 47.5 Å². The van der Waals surface area contributed by atoms with E-state index in [4.69, 9.17) is 5.73 Å². The van der Waals surface area contributed by atoms with Crippen LogP contribution in [-0.2, 0) is 22.1 Å². The van der Waals surface area contributed by atoms with Gasteiger partial charge < -0.3 is 11.1 Å². The summed E-state index contributed by atoms with van der Waals surface area (Å²) in [6.07, 6.45) is 1.14. The highest BCUT2D eigenvalue weighted by Crippen LogP contribution is 2.19. The monoisotopic (exact) mass is 505 g/mol. The smallest absolute Gasteiger partial charge is 0.193 e. The standard InChI is InChI=1S/C19H24FN3O2S.HI/c1-13(2)14-5-4-6-18(10-14)23-19(21)22-11-16-9-17(20)8-7-15(16)12-26(3,24)25;/h4-10,13H,11-12H2,1-3H3,(H3,21,22,23);1H. The molecule has 2 aromatic carbocycles. The molecule has 3 N–H and O–H groups in total. The van der Waals surface area contributed by atoms with E-state index in [-0.39, 0.29) is 42.2 Å². The molecule has 0 spiro atoms. The van der Waals surface area contributed by atoms with Crippen LogP contribution in [0.25, 0.3) is 0 Å². The summed E-state index contributed by atoms with van der Waals surface area (Å²) in [5.41, 5.74) is 8.92. The van der Waals surface area contributed by atoms with E-state index in [2.05, 4.69) is 24.2 Å². The highest BCUT2D eigenvalue weighted by atomic mass is 127. The van der Waals surface area contributed by atoms with Gasteiger partial charge in [0.25, 0.3) is 0 Å². The molecule has 148 valence electrons. The van der Waals surface area contributed by atoms with E-state index in [0.717, 1.165) is 11.9 Å². The first-order valence-electron chi connectivity index (χ1n) is 8.26. The normalized spacial score (nSPS) is 12.0. The van der Waals surface area contributed by atoms with E-state index in [9.17, 15) is 12.8 Å². The first-order chi connectivity index (χ1) is 12.1. The molecule has 0 atom stereocenters. The topological polar surface area (TPSA) is 84.5 Å². The lowest BCUT2D eigenvalue weighted by atomic mass is 10.0. The van der Waals surface area contributed by atoms with Crippen LogP contribution in [0.5, 0.6) is 0 Å². The predicted octanol–water partition coefficient (Wildman–Crippen LogP) is 4.04. The number of aliphatic imine (C=N–C) groups is 1. The molecular formula is C19H25FIN3O2S. The van der Waals surface area contributed by atoms with Gasteiger partial charge in [-0.2, -0.15) is 0 Å². The number of nitrogens with one attached hydrogen (secondary N) is 1. The summed E-state index contributed by atoms with van der Waals surface area (Å²) in [5.74, 6) is -0.0353. The van der Waals surface area contributed by atoms with Crippen molar-refractivity contribution >= 4 is 45.5 Å². The average molecular weight is 505 g/mol. The number of sulfone groups is 1. The van der Waals surface area contributed by atoms with Gasteiger partial charge in [-0.15, -0.1) is 24.0 Å². The van der Waals surface area contributed by atoms with Gasteiger partial charge in [0.2, 0.25) is 0 Å². The van der Waals surface area contributed by atoms with Crippen LogP contribution in [0, 0.1) is 5.82 Å². The van der Waals surface area contributed by atoms with E-state index in [1.54, 1.807) is 0 Å². The molecule has 8 heteroatoms. The van der Waals surface area contributed by atoms with Gasteiger partial charge in [0.15, 0.2) is 15.8 Å². The molecule has 0 saturated carbocycles. The number of anilines is 1. The number of guanidine groups is 1. The minimum Gasteiger partial charge on any atom is -0.370 e. The average Bonchev–Trinajstić information content (AvgIpc) is 2.54. The predicted molar refractivity (Wildman–Crippen MR) is 120 cm³/mol. The van der Waals surface area contributed by atoms with E-state index in [1.807, 2.05) is 24.3 Å². The van der Waals surface area contributed by atoms with E-state index >= 15 is 0 Å². The lowest BCUT2D eigenvalue weighted by Crippen LogP contribution is -2.22. The number of nitrogens with zero attached hydrogens (tertiary/aromatic N) is 1. The van der Waals surface area contributed by atoms with Crippen LogP contribution in [0.1, 0.15) is 36.5 Å². The Morgan fingerprint density at radius 3 is 2.52 bits per heavy atom. The Kier molecular flexibility index (Phi) is 8.67. The van der Waals surface area contributed by atoms with Crippen LogP contribution in [0.2, 0.25) is 0 Å². The van der Waals surface area contributed by atoms with Crippen molar-refractivity contribution in [2.24, 2.45) is 10.7 Å². The molecule has 0 saturated heterocycles. The highest BCUT2D eigenvalue weighted by Gasteiger charge is 2.10. The van der Waals surface area contributed by atoms with Crippen LogP contribution in [0.3, 0.4) is 0 Å². The molecule has 0 amide bonds. The summed E-state index contributed by atoms with van der Waals surface area (Å²) in [4.78, 5) is 4.22. The first kappa shape index (κ1) is 23.4. The molecule has 27 heavy (non-hydrogen) atoms. The number of halogens is 2. The van der Waals surface area contributed by atoms with E-state index < -0.39 is 15.7 Å². The molecular weight excluding hydrogens is 480 g/mol. The first-order valence-corrected chi connectivity index (χ1v) is 10.3. The number of hydrogen-bond acceptors (Lipinski definition) is 3. The molecule has 2 rings (SSSR count). The van der Waals surface area contributed by atoms with Crippen LogP contribution >= 0.6 is 24.0 Å². The van der Waals surface area contributed by atoms with E-state index in [1.165, 1.54) is 23.8 Å². The fourth-order valence-electron chi connectivity index (χ4n) is 2.50. The summed E-state index contributed by atoms with van der Waals surface area (Å²) >= 11 is 0. The maximum atomic E-state index is 13.5. The maximum Gasteiger partial charge on any atom is 0.193 e. The van der Waals surface area contributed by atoms with Gasteiger partial charge in [0, 0.05) is 11.9 Å². The fraction of sp³-hybridized carbons (Fsp3) is 0.316. The van der Waals surface area contributed by atoms with Gasteiger partial charge in [0.1, 0.15) is 5.82 Å². The summed E-state index contributed by atoms with van der Waals surface area (Å²) in [7, 11) is -3.23. The van der Waals surface area contributed by atoms with E-state index in [0.29, 0.717) is 17.0 Å². The van der Waals surface area contributed by atoms with Gasteiger partial charge in [-0.3, -0.25) is 0 Å². The quantitative estimate of drug-likeness (QED) is 0.353. The van der Waals surface area contributed by atoms with Gasteiger partial charge in [-0.1, -0.05) is 32.0 Å². The van der Waals surface area contributed by atoms with Crippen molar-refractivity contribution in [2.45, 2.75) is 32.1 Å². The molecule has 0 fully saturated rings. The molecule has 0 aliphatic heterocycles. The molecule has 0 radical (unpaired) electrons. The minimum atomic E-state index is -3.23. The second kappa shape index (κ2) is 10.0. The molecule has 0 unspecified atom stereocenters. The van der Waals surface area contributed by atoms with Crippen LogP contribution in [-0.4, -0.2) is 20.6 Å². The number of benzene rings is 2.